The van der Waals surface area contributed by atoms with E-state index >= 15 is 0 Å². The fourth-order valence-corrected chi connectivity index (χ4v) is 2.43. The van der Waals surface area contributed by atoms with Crippen LogP contribution in [-0.2, 0) is 4.74 Å². The van der Waals surface area contributed by atoms with Crippen molar-refractivity contribution in [1.29, 1.82) is 0 Å². The molecule has 1 amide bonds. The number of hydrogen-bond donors (Lipinski definition) is 3. The van der Waals surface area contributed by atoms with Gasteiger partial charge >= 0.3 is 5.97 Å². The SMILES string of the molecule is O=C(O)c1ccc(C(=O)NCC2(CO)CCOC2)c(Cl)c1. The Balaban J connectivity index is 2.05. The van der Waals surface area contributed by atoms with Crippen LogP contribution in [0.4, 0.5) is 0 Å². The Morgan fingerprint density at radius 2 is 2.19 bits per heavy atom. The highest BCUT2D eigenvalue weighted by atomic mass is 35.5. The molecule has 0 spiro atoms. The first-order valence-electron chi connectivity index (χ1n) is 6.47. The summed E-state index contributed by atoms with van der Waals surface area (Å²) in [5.41, 5.74) is -0.232. The number of carboxylic acids is 1. The first-order chi connectivity index (χ1) is 9.97. The van der Waals surface area contributed by atoms with Gasteiger partial charge < -0.3 is 20.3 Å². The molecule has 2 rings (SSSR count). The Morgan fingerprint density at radius 1 is 1.43 bits per heavy atom. The molecule has 1 aromatic carbocycles. The number of aromatic carboxylic acids is 1. The molecule has 1 saturated heterocycles. The Kier molecular flexibility index (Phi) is 4.82. The molecule has 3 N–H and O–H groups in total. The molecule has 0 radical (unpaired) electrons. The monoisotopic (exact) mass is 313 g/mol. The Hall–Kier alpha value is -1.63. The third-order valence-electron chi connectivity index (χ3n) is 3.60. The Labute approximate surface area is 126 Å². The van der Waals surface area contributed by atoms with Gasteiger partial charge in [0.1, 0.15) is 0 Å². The maximum Gasteiger partial charge on any atom is 0.335 e. The summed E-state index contributed by atoms with van der Waals surface area (Å²) in [6.07, 6.45) is 0.676. The minimum absolute atomic E-state index is 0.0209. The molecule has 0 aliphatic carbocycles. The van der Waals surface area contributed by atoms with Crippen molar-refractivity contribution in [3.05, 3.63) is 34.3 Å². The molecule has 0 aromatic heterocycles. The van der Waals surface area contributed by atoms with Gasteiger partial charge in [-0.1, -0.05) is 11.6 Å². The van der Waals surface area contributed by atoms with Crippen LogP contribution in [0.15, 0.2) is 18.2 Å². The number of halogens is 1. The smallest absolute Gasteiger partial charge is 0.335 e. The van der Waals surface area contributed by atoms with Gasteiger partial charge in [-0.3, -0.25) is 4.79 Å². The summed E-state index contributed by atoms with van der Waals surface area (Å²) in [7, 11) is 0. The molecule has 1 fully saturated rings. The molecule has 114 valence electrons. The van der Waals surface area contributed by atoms with E-state index in [-0.39, 0.29) is 29.3 Å². The molecule has 0 bridgehead atoms. The predicted octanol–water partition coefficient (Wildman–Crippen LogP) is 1.17. The average Bonchev–Trinajstić information content (AvgIpc) is 2.94. The number of nitrogens with one attached hydrogen (secondary N) is 1. The van der Waals surface area contributed by atoms with Crippen LogP contribution >= 0.6 is 11.6 Å². The highest BCUT2D eigenvalue weighted by Gasteiger charge is 2.34. The highest BCUT2D eigenvalue weighted by Crippen LogP contribution is 2.27. The van der Waals surface area contributed by atoms with Crippen molar-refractivity contribution in [3.8, 4) is 0 Å². The van der Waals surface area contributed by atoms with Crippen LogP contribution in [0.2, 0.25) is 5.02 Å². The van der Waals surface area contributed by atoms with E-state index in [0.29, 0.717) is 19.6 Å². The van der Waals surface area contributed by atoms with Gasteiger partial charge in [0.15, 0.2) is 0 Å². The second-order valence-electron chi connectivity index (χ2n) is 5.14. The lowest BCUT2D eigenvalue weighted by Crippen LogP contribution is -2.40. The van der Waals surface area contributed by atoms with Crippen LogP contribution in [0.1, 0.15) is 27.1 Å². The van der Waals surface area contributed by atoms with Gasteiger partial charge in [0, 0.05) is 18.6 Å². The number of ether oxygens (including phenoxy) is 1. The fourth-order valence-electron chi connectivity index (χ4n) is 2.16. The maximum absolute atomic E-state index is 12.1. The fraction of sp³-hybridized carbons (Fsp3) is 0.429. The lowest BCUT2D eigenvalue weighted by atomic mass is 9.88. The van der Waals surface area contributed by atoms with E-state index < -0.39 is 17.3 Å². The zero-order valence-electron chi connectivity index (χ0n) is 11.3. The highest BCUT2D eigenvalue weighted by molar-refractivity contribution is 6.34. The Morgan fingerprint density at radius 3 is 2.71 bits per heavy atom. The van der Waals surface area contributed by atoms with E-state index in [9.17, 15) is 14.7 Å². The van der Waals surface area contributed by atoms with Gasteiger partial charge in [0.2, 0.25) is 0 Å². The number of benzene rings is 1. The normalized spacial score (nSPS) is 21.2. The van der Waals surface area contributed by atoms with Crippen molar-refractivity contribution in [2.45, 2.75) is 6.42 Å². The van der Waals surface area contributed by atoms with Gasteiger partial charge in [0.05, 0.1) is 29.4 Å². The van der Waals surface area contributed by atoms with E-state index in [1.807, 2.05) is 0 Å². The molecule has 1 heterocycles. The minimum Gasteiger partial charge on any atom is -0.478 e. The molecule has 1 atom stereocenters. The summed E-state index contributed by atoms with van der Waals surface area (Å²) in [6, 6.07) is 3.93. The zero-order chi connectivity index (χ0) is 15.5. The summed E-state index contributed by atoms with van der Waals surface area (Å²) < 4.78 is 5.25. The lowest BCUT2D eigenvalue weighted by molar-refractivity contribution is 0.0695. The van der Waals surface area contributed by atoms with E-state index in [2.05, 4.69) is 5.32 Å². The molecule has 1 unspecified atom stereocenters. The zero-order valence-corrected chi connectivity index (χ0v) is 12.0. The summed E-state index contributed by atoms with van der Waals surface area (Å²) in [4.78, 5) is 22.9. The second-order valence-corrected chi connectivity index (χ2v) is 5.55. The van der Waals surface area contributed by atoms with E-state index in [0.717, 1.165) is 0 Å². The van der Waals surface area contributed by atoms with E-state index in [1.54, 1.807) is 0 Å². The van der Waals surface area contributed by atoms with Gasteiger partial charge in [-0.05, 0) is 24.6 Å². The van der Waals surface area contributed by atoms with Crippen molar-refractivity contribution in [1.82, 2.24) is 5.32 Å². The number of carbonyl (C=O) groups excluding carboxylic acids is 1. The molecule has 1 aliphatic rings. The maximum atomic E-state index is 12.1. The number of amides is 1. The number of rotatable bonds is 5. The van der Waals surface area contributed by atoms with Crippen LogP contribution in [0.3, 0.4) is 0 Å². The first kappa shape index (κ1) is 15.8. The molecule has 6 nitrogen and oxygen atoms in total. The molecule has 1 aliphatic heterocycles. The standard InChI is InChI=1S/C14H16ClNO5/c15-11-5-9(13(19)20)1-2-10(11)12(18)16-6-14(7-17)3-4-21-8-14/h1-2,5,17H,3-4,6-8H2,(H,16,18)(H,19,20). The van der Waals surface area contributed by atoms with Crippen molar-refractivity contribution in [2.75, 3.05) is 26.4 Å². The average molecular weight is 314 g/mol. The van der Waals surface area contributed by atoms with Gasteiger partial charge in [-0.15, -0.1) is 0 Å². The largest absolute Gasteiger partial charge is 0.478 e. The van der Waals surface area contributed by atoms with Gasteiger partial charge in [-0.25, -0.2) is 4.79 Å². The predicted molar refractivity (Wildman–Crippen MR) is 75.7 cm³/mol. The summed E-state index contributed by atoms with van der Waals surface area (Å²) >= 11 is 5.93. The van der Waals surface area contributed by atoms with Crippen LogP contribution in [-0.4, -0.2) is 48.5 Å². The van der Waals surface area contributed by atoms with Crippen LogP contribution in [0, 0.1) is 5.41 Å². The summed E-state index contributed by atoms with van der Waals surface area (Å²) in [6.45, 7) is 1.16. The van der Waals surface area contributed by atoms with Gasteiger partial charge in [-0.2, -0.15) is 0 Å². The van der Waals surface area contributed by atoms with Crippen LogP contribution in [0.5, 0.6) is 0 Å². The number of carbonyl (C=O) groups is 2. The quantitative estimate of drug-likeness (QED) is 0.758. The molecule has 21 heavy (non-hydrogen) atoms. The van der Waals surface area contributed by atoms with E-state index in [1.165, 1.54) is 18.2 Å². The second kappa shape index (κ2) is 6.43. The lowest BCUT2D eigenvalue weighted by Gasteiger charge is -2.24. The Bertz CT molecular complexity index is 554. The van der Waals surface area contributed by atoms with Crippen LogP contribution in [0.25, 0.3) is 0 Å². The third kappa shape index (κ3) is 3.53. The van der Waals surface area contributed by atoms with Crippen molar-refractivity contribution < 1.29 is 24.5 Å². The minimum atomic E-state index is -1.11. The summed E-state index contributed by atoms with van der Waals surface area (Å²) in [5.74, 6) is -1.51. The van der Waals surface area contributed by atoms with Gasteiger partial charge in [0.25, 0.3) is 5.91 Å². The molecule has 0 saturated carbocycles. The van der Waals surface area contributed by atoms with E-state index in [4.69, 9.17) is 21.4 Å². The number of hydrogen-bond acceptors (Lipinski definition) is 4. The summed E-state index contributed by atoms with van der Waals surface area (Å²) in [5, 5.41) is 21.1. The third-order valence-corrected chi connectivity index (χ3v) is 3.92. The number of carboxylic acid groups (broad SMARTS) is 1. The van der Waals surface area contributed by atoms with Crippen LogP contribution < -0.4 is 5.32 Å². The topological polar surface area (TPSA) is 95.9 Å². The molecule has 1 aromatic rings. The molecular weight excluding hydrogens is 298 g/mol. The number of aliphatic hydroxyl groups excluding tert-OH is 1. The van der Waals surface area contributed by atoms with Crippen molar-refractivity contribution in [3.63, 3.8) is 0 Å². The van der Waals surface area contributed by atoms with Crippen molar-refractivity contribution in [2.24, 2.45) is 5.41 Å². The number of aliphatic hydroxyl groups is 1. The molecular formula is C14H16ClNO5. The molecule has 7 heteroatoms. The first-order valence-corrected chi connectivity index (χ1v) is 6.85. The van der Waals surface area contributed by atoms with Crippen molar-refractivity contribution >= 4 is 23.5 Å².